The van der Waals surface area contributed by atoms with Gasteiger partial charge in [0.1, 0.15) is 0 Å². The number of aromatic nitrogens is 3. The van der Waals surface area contributed by atoms with Crippen LogP contribution < -0.4 is 5.32 Å². The van der Waals surface area contributed by atoms with E-state index in [1.54, 1.807) is 6.20 Å². The predicted octanol–water partition coefficient (Wildman–Crippen LogP) is 3.98. The van der Waals surface area contributed by atoms with Gasteiger partial charge in [-0.25, -0.2) is 9.67 Å². The highest BCUT2D eigenvalue weighted by Crippen LogP contribution is 2.24. The monoisotopic (exact) mass is 373 g/mol. The first-order chi connectivity index (χ1) is 12.6. The molecule has 0 unspecified atom stereocenters. The number of fused-ring (bicyclic) bond motifs is 1. The van der Waals surface area contributed by atoms with Gasteiger partial charge >= 0.3 is 0 Å². The molecule has 27 heavy (non-hydrogen) atoms. The lowest BCUT2D eigenvalue weighted by molar-refractivity contribution is 0.0941. The average Bonchev–Trinajstić information content (AvgIpc) is 3.00. The molecule has 0 aliphatic heterocycles. The standard InChI is InChI=1S/C21H35N5O/c1-13(2)19-11-17(18-12-23-26(16(7)8)20(18)24-19)21(27)22-9-10-25(14(3)4)15(5)6/h11-16H,9-10H2,1-8H3,(H,22,27). The van der Waals surface area contributed by atoms with E-state index in [2.05, 4.69) is 70.7 Å². The topological polar surface area (TPSA) is 63.1 Å². The van der Waals surface area contributed by atoms with Gasteiger partial charge in [-0.3, -0.25) is 9.69 Å². The molecule has 2 heterocycles. The molecule has 0 bridgehead atoms. The molecule has 1 amide bonds. The van der Waals surface area contributed by atoms with Crippen molar-refractivity contribution in [3.05, 3.63) is 23.5 Å². The number of carbonyl (C=O) groups is 1. The third-order valence-corrected chi connectivity index (χ3v) is 4.89. The lowest BCUT2D eigenvalue weighted by Gasteiger charge is -2.30. The fraction of sp³-hybridized carbons (Fsp3) is 0.667. The minimum atomic E-state index is -0.0555. The molecule has 0 saturated heterocycles. The molecule has 6 heteroatoms. The zero-order valence-corrected chi connectivity index (χ0v) is 18.1. The van der Waals surface area contributed by atoms with Crippen LogP contribution in [-0.4, -0.2) is 50.7 Å². The second kappa shape index (κ2) is 8.83. The number of rotatable bonds is 8. The number of carbonyl (C=O) groups excluding carboxylic acids is 1. The van der Waals surface area contributed by atoms with Gasteiger partial charge in [0.2, 0.25) is 0 Å². The summed E-state index contributed by atoms with van der Waals surface area (Å²) in [5.41, 5.74) is 2.37. The molecule has 2 rings (SSSR count). The maximum atomic E-state index is 12.9. The molecular weight excluding hydrogens is 338 g/mol. The van der Waals surface area contributed by atoms with Gasteiger partial charge in [0.05, 0.1) is 17.1 Å². The van der Waals surface area contributed by atoms with Crippen LogP contribution >= 0.6 is 0 Å². The molecule has 1 N–H and O–H groups in total. The zero-order chi connectivity index (χ0) is 20.3. The lowest BCUT2D eigenvalue weighted by Crippen LogP contribution is -2.42. The number of nitrogens with zero attached hydrogens (tertiary/aromatic N) is 4. The Morgan fingerprint density at radius 3 is 2.26 bits per heavy atom. The Labute approximate surface area is 163 Å². The van der Waals surface area contributed by atoms with Crippen LogP contribution in [0.5, 0.6) is 0 Å². The van der Waals surface area contributed by atoms with E-state index < -0.39 is 0 Å². The number of nitrogens with one attached hydrogen (secondary N) is 1. The van der Waals surface area contributed by atoms with E-state index in [9.17, 15) is 4.79 Å². The number of amides is 1. The molecule has 0 aliphatic carbocycles. The van der Waals surface area contributed by atoms with Crippen molar-refractivity contribution in [3.8, 4) is 0 Å². The van der Waals surface area contributed by atoms with Gasteiger partial charge in [-0.05, 0) is 53.5 Å². The molecule has 0 aromatic carbocycles. The SMILES string of the molecule is CC(C)c1cc(C(=O)NCCN(C(C)C)C(C)C)c2cnn(C(C)C)c2n1. The summed E-state index contributed by atoms with van der Waals surface area (Å²) in [6.45, 7) is 18.5. The minimum Gasteiger partial charge on any atom is -0.351 e. The third kappa shape index (κ3) is 4.86. The van der Waals surface area contributed by atoms with Crippen LogP contribution in [0.2, 0.25) is 0 Å². The Morgan fingerprint density at radius 2 is 1.74 bits per heavy atom. The summed E-state index contributed by atoms with van der Waals surface area (Å²) < 4.78 is 1.89. The Balaban J connectivity index is 2.27. The van der Waals surface area contributed by atoms with E-state index in [0.717, 1.165) is 23.3 Å². The quantitative estimate of drug-likeness (QED) is 0.760. The molecule has 2 aromatic rings. The highest BCUT2D eigenvalue weighted by atomic mass is 16.1. The number of hydrogen-bond acceptors (Lipinski definition) is 4. The summed E-state index contributed by atoms with van der Waals surface area (Å²) >= 11 is 0. The van der Waals surface area contributed by atoms with Crippen molar-refractivity contribution in [2.75, 3.05) is 13.1 Å². The zero-order valence-electron chi connectivity index (χ0n) is 18.1. The van der Waals surface area contributed by atoms with Gasteiger partial charge in [0.15, 0.2) is 5.65 Å². The molecular formula is C21H35N5O. The first-order valence-corrected chi connectivity index (χ1v) is 10.1. The molecule has 0 saturated carbocycles. The molecule has 0 radical (unpaired) electrons. The van der Waals surface area contributed by atoms with Crippen LogP contribution in [0.25, 0.3) is 11.0 Å². The fourth-order valence-corrected chi connectivity index (χ4v) is 3.41. The van der Waals surface area contributed by atoms with Crippen molar-refractivity contribution in [1.29, 1.82) is 0 Å². The highest BCUT2D eigenvalue weighted by molar-refractivity contribution is 6.05. The van der Waals surface area contributed by atoms with Gasteiger partial charge in [0, 0.05) is 36.9 Å². The van der Waals surface area contributed by atoms with Crippen molar-refractivity contribution in [2.24, 2.45) is 0 Å². The molecule has 0 spiro atoms. The van der Waals surface area contributed by atoms with Crippen molar-refractivity contribution in [1.82, 2.24) is 25.0 Å². The summed E-state index contributed by atoms with van der Waals surface area (Å²) in [5, 5.41) is 8.36. The Morgan fingerprint density at radius 1 is 1.11 bits per heavy atom. The Hall–Kier alpha value is -1.95. The van der Waals surface area contributed by atoms with Crippen LogP contribution in [0, 0.1) is 0 Å². The van der Waals surface area contributed by atoms with Crippen LogP contribution in [-0.2, 0) is 0 Å². The summed E-state index contributed by atoms with van der Waals surface area (Å²) in [4.78, 5) is 20.1. The van der Waals surface area contributed by atoms with E-state index in [-0.39, 0.29) is 17.9 Å². The van der Waals surface area contributed by atoms with Gasteiger partial charge in [-0.15, -0.1) is 0 Å². The summed E-state index contributed by atoms with van der Waals surface area (Å²) in [6, 6.07) is 3.01. The second-order valence-corrected chi connectivity index (χ2v) is 8.35. The summed E-state index contributed by atoms with van der Waals surface area (Å²) in [7, 11) is 0. The molecule has 150 valence electrons. The number of hydrogen-bond donors (Lipinski definition) is 1. The lowest BCUT2D eigenvalue weighted by atomic mass is 10.0. The maximum absolute atomic E-state index is 12.9. The fourth-order valence-electron chi connectivity index (χ4n) is 3.41. The van der Waals surface area contributed by atoms with E-state index in [4.69, 9.17) is 4.98 Å². The normalized spacial score (nSPS) is 12.3. The van der Waals surface area contributed by atoms with Gasteiger partial charge in [0.25, 0.3) is 5.91 Å². The summed E-state index contributed by atoms with van der Waals surface area (Å²) in [6.07, 6.45) is 1.76. The first kappa shape index (κ1) is 21.4. The van der Waals surface area contributed by atoms with Gasteiger partial charge in [-0.1, -0.05) is 13.8 Å². The van der Waals surface area contributed by atoms with Crippen LogP contribution in [0.1, 0.15) is 83.4 Å². The minimum absolute atomic E-state index is 0.0555. The molecule has 2 aromatic heterocycles. The maximum Gasteiger partial charge on any atom is 0.252 e. The third-order valence-electron chi connectivity index (χ3n) is 4.89. The van der Waals surface area contributed by atoms with E-state index in [0.29, 0.717) is 24.2 Å². The van der Waals surface area contributed by atoms with E-state index in [1.165, 1.54) is 0 Å². The molecule has 6 nitrogen and oxygen atoms in total. The smallest absolute Gasteiger partial charge is 0.252 e. The largest absolute Gasteiger partial charge is 0.351 e. The second-order valence-electron chi connectivity index (χ2n) is 8.35. The van der Waals surface area contributed by atoms with Crippen molar-refractivity contribution >= 4 is 16.9 Å². The molecule has 0 aliphatic rings. The summed E-state index contributed by atoms with van der Waals surface area (Å²) in [5.74, 6) is 0.189. The van der Waals surface area contributed by atoms with E-state index >= 15 is 0 Å². The molecule has 0 fully saturated rings. The van der Waals surface area contributed by atoms with Gasteiger partial charge in [-0.2, -0.15) is 5.10 Å². The van der Waals surface area contributed by atoms with Crippen LogP contribution in [0.15, 0.2) is 12.3 Å². The van der Waals surface area contributed by atoms with Crippen LogP contribution in [0.4, 0.5) is 0 Å². The first-order valence-electron chi connectivity index (χ1n) is 10.1. The Bertz CT molecular complexity index is 768. The van der Waals surface area contributed by atoms with Crippen molar-refractivity contribution < 1.29 is 4.79 Å². The molecule has 0 atom stereocenters. The average molecular weight is 374 g/mol. The number of pyridine rings is 1. The van der Waals surface area contributed by atoms with Crippen molar-refractivity contribution in [2.45, 2.75) is 79.4 Å². The van der Waals surface area contributed by atoms with Crippen LogP contribution in [0.3, 0.4) is 0 Å². The predicted molar refractivity (Wildman–Crippen MR) is 111 cm³/mol. The van der Waals surface area contributed by atoms with E-state index in [1.807, 2.05) is 10.7 Å². The van der Waals surface area contributed by atoms with Gasteiger partial charge < -0.3 is 5.32 Å². The van der Waals surface area contributed by atoms with Crippen molar-refractivity contribution in [3.63, 3.8) is 0 Å². The Kier molecular flexibility index (Phi) is 6.98. The highest BCUT2D eigenvalue weighted by Gasteiger charge is 2.19.